The summed E-state index contributed by atoms with van der Waals surface area (Å²) in [5.41, 5.74) is 6.43. The first-order valence-electron chi connectivity index (χ1n) is 7.40. The summed E-state index contributed by atoms with van der Waals surface area (Å²) in [7, 11) is 0. The lowest BCUT2D eigenvalue weighted by Crippen LogP contribution is -2.29. The highest BCUT2D eigenvalue weighted by molar-refractivity contribution is 8.00. The molecule has 1 aromatic rings. The van der Waals surface area contributed by atoms with Crippen molar-refractivity contribution in [1.29, 1.82) is 0 Å². The molecule has 0 spiro atoms. The Morgan fingerprint density at radius 2 is 2.00 bits per heavy atom. The van der Waals surface area contributed by atoms with E-state index >= 15 is 0 Å². The van der Waals surface area contributed by atoms with E-state index in [0.717, 1.165) is 31.0 Å². The lowest BCUT2D eigenvalue weighted by atomic mass is 10.1. The van der Waals surface area contributed by atoms with Crippen molar-refractivity contribution in [2.24, 2.45) is 0 Å². The summed E-state index contributed by atoms with van der Waals surface area (Å²) in [5.74, 6) is 2.15. The van der Waals surface area contributed by atoms with E-state index in [1.807, 2.05) is 24.3 Å². The van der Waals surface area contributed by atoms with E-state index < -0.39 is 0 Å². The number of nitrogen functional groups attached to an aromatic ring is 1. The van der Waals surface area contributed by atoms with Gasteiger partial charge in [0.2, 0.25) is 0 Å². The predicted octanol–water partition coefficient (Wildman–Crippen LogP) is 3.26. The Morgan fingerprint density at radius 1 is 1.25 bits per heavy atom. The van der Waals surface area contributed by atoms with Gasteiger partial charge in [0.25, 0.3) is 0 Å². The monoisotopic (exact) mass is 294 g/mol. The molecule has 1 heterocycles. The van der Waals surface area contributed by atoms with E-state index in [0.29, 0.717) is 4.75 Å². The third-order valence-corrected chi connectivity index (χ3v) is 5.07. The molecule has 1 aliphatic rings. The van der Waals surface area contributed by atoms with Crippen LogP contribution in [0, 0.1) is 0 Å². The lowest BCUT2D eigenvalue weighted by Gasteiger charge is -2.22. The largest absolute Gasteiger partial charge is 0.494 e. The SMILES string of the molecule is CC1(C)CCN(CCCOc2ccc(N)cc2)CCS1. The van der Waals surface area contributed by atoms with Crippen LogP contribution in [0.2, 0.25) is 0 Å². The zero-order chi connectivity index (χ0) is 14.4. The topological polar surface area (TPSA) is 38.5 Å². The third kappa shape index (κ3) is 5.25. The van der Waals surface area contributed by atoms with Gasteiger partial charge in [0.05, 0.1) is 6.61 Å². The molecule has 1 saturated heterocycles. The Morgan fingerprint density at radius 3 is 2.75 bits per heavy atom. The Bertz CT molecular complexity index is 405. The number of anilines is 1. The van der Waals surface area contributed by atoms with Gasteiger partial charge in [-0.05, 0) is 43.7 Å². The molecule has 0 amide bonds. The summed E-state index contributed by atoms with van der Waals surface area (Å²) >= 11 is 2.10. The summed E-state index contributed by atoms with van der Waals surface area (Å²) in [6, 6.07) is 7.62. The van der Waals surface area contributed by atoms with Crippen molar-refractivity contribution in [3.63, 3.8) is 0 Å². The van der Waals surface area contributed by atoms with E-state index in [9.17, 15) is 0 Å². The number of ether oxygens (including phenoxy) is 1. The van der Waals surface area contributed by atoms with E-state index in [-0.39, 0.29) is 0 Å². The van der Waals surface area contributed by atoms with Crippen LogP contribution in [0.3, 0.4) is 0 Å². The Balaban J connectivity index is 1.64. The highest BCUT2D eigenvalue weighted by atomic mass is 32.2. The molecule has 1 fully saturated rings. The Labute approximate surface area is 126 Å². The summed E-state index contributed by atoms with van der Waals surface area (Å²) in [6.07, 6.45) is 2.35. The average Bonchev–Trinajstić information content (AvgIpc) is 2.58. The first kappa shape index (κ1) is 15.5. The normalized spacial score (nSPS) is 19.5. The summed E-state index contributed by atoms with van der Waals surface area (Å²) in [6.45, 7) is 9.02. The fourth-order valence-electron chi connectivity index (χ4n) is 2.33. The number of hydrogen-bond acceptors (Lipinski definition) is 4. The van der Waals surface area contributed by atoms with Crippen LogP contribution < -0.4 is 10.5 Å². The van der Waals surface area contributed by atoms with Crippen molar-refractivity contribution in [1.82, 2.24) is 4.90 Å². The van der Waals surface area contributed by atoms with Crippen molar-refractivity contribution in [3.8, 4) is 5.75 Å². The second-order valence-electron chi connectivity index (χ2n) is 5.97. The average molecular weight is 294 g/mol. The minimum absolute atomic E-state index is 0.440. The van der Waals surface area contributed by atoms with Gasteiger partial charge >= 0.3 is 0 Å². The van der Waals surface area contributed by atoms with Gasteiger partial charge in [-0.15, -0.1) is 0 Å². The number of nitrogens with zero attached hydrogens (tertiary/aromatic N) is 1. The molecule has 0 aliphatic carbocycles. The van der Waals surface area contributed by atoms with E-state index in [2.05, 4.69) is 30.5 Å². The minimum Gasteiger partial charge on any atom is -0.494 e. The molecule has 1 aliphatic heterocycles. The van der Waals surface area contributed by atoms with E-state index in [4.69, 9.17) is 10.5 Å². The van der Waals surface area contributed by atoms with Crippen LogP contribution in [0.25, 0.3) is 0 Å². The van der Waals surface area contributed by atoms with Crippen LogP contribution in [0.1, 0.15) is 26.7 Å². The molecule has 3 nitrogen and oxygen atoms in total. The molecule has 20 heavy (non-hydrogen) atoms. The molecule has 0 atom stereocenters. The number of benzene rings is 1. The fourth-order valence-corrected chi connectivity index (χ4v) is 3.47. The third-order valence-electron chi connectivity index (χ3n) is 3.70. The number of rotatable bonds is 5. The highest BCUT2D eigenvalue weighted by Crippen LogP contribution is 2.30. The second-order valence-corrected chi connectivity index (χ2v) is 7.77. The standard InChI is InChI=1S/C16H26N2OS/c1-16(2)8-10-18(11-13-20-16)9-3-12-19-15-6-4-14(17)5-7-15/h4-7H,3,8-13,17H2,1-2H3. The van der Waals surface area contributed by atoms with Crippen molar-refractivity contribution in [2.75, 3.05) is 37.7 Å². The van der Waals surface area contributed by atoms with Crippen molar-refractivity contribution >= 4 is 17.4 Å². The Kier molecular flexibility index (Phi) is 5.61. The van der Waals surface area contributed by atoms with Crippen LogP contribution >= 0.6 is 11.8 Å². The summed E-state index contributed by atoms with van der Waals surface area (Å²) in [5, 5.41) is 0. The molecule has 112 valence electrons. The molecule has 2 rings (SSSR count). The molecular formula is C16H26N2OS. The van der Waals surface area contributed by atoms with Gasteiger partial charge in [0.1, 0.15) is 5.75 Å². The molecule has 0 unspecified atom stereocenters. The molecule has 0 radical (unpaired) electrons. The van der Waals surface area contributed by atoms with Gasteiger partial charge in [0, 0.05) is 29.3 Å². The number of thioether (sulfide) groups is 1. The molecule has 0 bridgehead atoms. The van der Waals surface area contributed by atoms with Gasteiger partial charge in [-0.3, -0.25) is 0 Å². The maximum atomic E-state index is 5.74. The number of hydrogen-bond donors (Lipinski definition) is 1. The van der Waals surface area contributed by atoms with Gasteiger partial charge < -0.3 is 15.4 Å². The lowest BCUT2D eigenvalue weighted by molar-refractivity contribution is 0.240. The zero-order valence-corrected chi connectivity index (χ0v) is 13.4. The van der Waals surface area contributed by atoms with Crippen LogP contribution in [0.4, 0.5) is 5.69 Å². The maximum Gasteiger partial charge on any atom is 0.119 e. The molecule has 0 saturated carbocycles. The fraction of sp³-hybridized carbons (Fsp3) is 0.625. The van der Waals surface area contributed by atoms with Crippen LogP contribution in [0.15, 0.2) is 24.3 Å². The summed E-state index contributed by atoms with van der Waals surface area (Å²) in [4.78, 5) is 2.56. The first-order chi connectivity index (χ1) is 9.55. The quantitative estimate of drug-likeness (QED) is 0.668. The zero-order valence-electron chi connectivity index (χ0n) is 12.6. The molecule has 0 aromatic heterocycles. The van der Waals surface area contributed by atoms with Gasteiger partial charge in [0.15, 0.2) is 0 Å². The molecule has 1 aromatic carbocycles. The van der Waals surface area contributed by atoms with Crippen LogP contribution in [-0.2, 0) is 0 Å². The van der Waals surface area contributed by atoms with E-state index in [1.165, 1.54) is 25.3 Å². The predicted molar refractivity (Wildman–Crippen MR) is 88.6 cm³/mol. The highest BCUT2D eigenvalue weighted by Gasteiger charge is 2.23. The number of nitrogens with two attached hydrogens (primary N) is 1. The molecule has 4 heteroatoms. The van der Waals surface area contributed by atoms with Gasteiger partial charge in [-0.2, -0.15) is 11.8 Å². The smallest absolute Gasteiger partial charge is 0.119 e. The van der Waals surface area contributed by atoms with Crippen LogP contribution in [-0.4, -0.2) is 41.6 Å². The summed E-state index contributed by atoms with van der Waals surface area (Å²) < 4.78 is 6.18. The van der Waals surface area contributed by atoms with E-state index in [1.54, 1.807) is 0 Å². The maximum absolute atomic E-state index is 5.74. The first-order valence-corrected chi connectivity index (χ1v) is 8.38. The molecular weight excluding hydrogens is 268 g/mol. The van der Waals surface area contributed by atoms with Gasteiger partial charge in [-0.1, -0.05) is 13.8 Å². The minimum atomic E-state index is 0.440. The molecule has 2 N–H and O–H groups in total. The van der Waals surface area contributed by atoms with Crippen molar-refractivity contribution < 1.29 is 4.74 Å². The van der Waals surface area contributed by atoms with Crippen molar-refractivity contribution in [3.05, 3.63) is 24.3 Å². The van der Waals surface area contributed by atoms with Crippen LogP contribution in [0.5, 0.6) is 5.75 Å². The second kappa shape index (κ2) is 7.23. The van der Waals surface area contributed by atoms with Gasteiger partial charge in [-0.25, -0.2) is 0 Å². The Hall–Kier alpha value is -0.870. The van der Waals surface area contributed by atoms with Crippen molar-refractivity contribution in [2.45, 2.75) is 31.4 Å².